The van der Waals surface area contributed by atoms with Crippen LogP contribution in [0, 0.1) is 13.8 Å². The summed E-state index contributed by atoms with van der Waals surface area (Å²) in [6.45, 7) is 9.61. The maximum Gasteiger partial charge on any atom is 0.336 e. The number of aryl methyl sites for hydroxylation is 2. The van der Waals surface area contributed by atoms with Crippen LogP contribution in [0.4, 0.5) is 0 Å². The third-order valence-corrected chi connectivity index (χ3v) is 4.78. The molecule has 1 aliphatic rings. The van der Waals surface area contributed by atoms with E-state index in [0.29, 0.717) is 6.10 Å². The molecule has 2 heterocycles. The average molecular weight is 315 g/mol. The van der Waals surface area contributed by atoms with E-state index in [2.05, 4.69) is 17.0 Å². The Hall–Kier alpha value is -1.65. The highest BCUT2D eigenvalue weighted by Crippen LogP contribution is 2.25. The van der Waals surface area contributed by atoms with Gasteiger partial charge in [-0.05, 0) is 56.8 Å². The average Bonchev–Trinajstić information content (AvgIpc) is 2.52. The van der Waals surface area contributed by atoms with E-state index in [1.54, 1.807) is 6.07 Å². The van der Waals surface area contributed by atoms with Gasteiger partial charge in [0.05, 0.1) is 6.10 Å². The van der Waals surface area contributed by atoms with Crippen molar-refractivity contribution in [2.45, 2.75) is 46.3 Å². The fourth-order valence-electron chi connectivity index (χ4n) is 3.42. The van der Waals surface area contributed by atoms with Crippen LogP contribution in [0.3, 0.4) is 0 Å². The van der Waals surface area contributed by atoms with Gasteiger partial charge in [-0.2, -0.15) is 0 Å². The van der Waals surface area contributed by atoms with Gasteiger partial charge < -0.3 is 9.15 Å². The van der Waals surface area contributed by atoms with E-state index in [9.17, 15) is 4.79 Å². The molecule has 0 radical (unpaired) electrons. The molecule has 23 heavy (non-hydrogen) atoms. The smallest absolute Gasteiger partial charge is 0.336 e. The van der Waals surface area contributed by atoms with Gasteiger partial charge in [-0.1, -0.05) is 12.1 Å². The molecule has 0 amide bonds. The van der Waals surface area contributed by atoms with Gasteiger partial charge in [0.1, 0.15) is 5.58 Å². The molecule has 0 N–H and O–H groups in total. The molecule has 1 aliphatic heterocycles. The van der Waals surface area contributed by atoms with Crippen molar-refractivity contribution in [2.75, 3.05) is 19.7 Å². The lowest BCUT2D eigenvalue weighted by Gasteiger charge is -2.32. The molecule has 1 unspecified atom stereocenters. The second-order valence-corrected chi connectivity index (χ2v) is 6.43. The van der Waals surface area contributed by atoms with Gasteiger partial charge >= 0.3 is 5.63 Å². The van der Waals surface area contributed by atoms with E-state index in [4.69, 9.17) is 9.15 Å². The molecule has 2 aromatic rings. The Kier molecular flexibility index (Phi) is 4.83. The SMILES string of the molecule is CCOC1CCCN(Cc2cc(=O)oc3c(C)c(C)ccc23)C1. The predicted molar refractivity (Wildman–Crippen MR) is 91.9 cm³/mol. The number of fused-ring (bicyclic) bond motifs is 1. The van der Waals surface area contributed by atoms with Crippen molar-refractivity contribution in [2.24, 2.45) is 0 Å². The molecule has 4 heteroatoms. The molecule has 0 spiro atoms. The minimum Gasteiger partial charge on any atom is -0.422 e. The van der Waals surface area contributed by atoms with Crippen molar-refractivity contribution in [3.63, 3.8) is 0 Å². The second-order valence-electron chi connectivity index (χ2n) is 6.43. The number of hydrogen-bond acceptors (Lipinski definition) is 4. The quantitative estimate of drug-likeness (QED) is 0.811. The number of rotatable bonds is 4. The Balaban J connectivity index is 1.91. The first-order valence-electron chi connectivity index (χ1n) is 8.45. The molecule has 0 aliphatic carbocycles. The molecule has 124 valence electrons. The van der Waals surface area contributed by atoms with Gasteiger partial charge in [-0.25, -0.2) is 4.79 Å². The van der Waals surface area contributed by atoms with Crippen molar-refractivity contribution in [1.82, 2.24) is 4.90 Å². The van der Waals surface area contributed by atoms with Gasteiger partial charge in [0.2, 0.25) is 0 Å². The maximum absolute atomic E-state index is 12.0. The lowest BCUT2D eigenvalue weighted by atomic mass is 10.0. The van der Waals surface area contributed by atoms with Crippen LogP contribution in [-0.2, 0) is 11.3 Å². The summed E-state index contributed by atoms with van der Waals surface area (Å²) in [5, 5.41) is 1.05. The summed E-state index contributed by atoms with van der Waals surface area (Å²) in [6, 6.07) is 5.81. The van der Waals surface area contributed by atoms with E-state index >= 15 is 0 Å². The van der Waals surface area contributed by atoms with Gasteiger partial charge in [0, 0.05) is 31.1 Å². The van der Waals surface area contributed by atoms with Gasteiger partial charge in [0.15, 0.2) is 0 Å². The van der Waals surface area contributed by atoms with E-state index in [1.165, 1.54) is 0 Å². The number of likely N-dealkylation sites (tertiary alicyclic amines) is 1. The molecular weight excluding hydrogens is 290 g/mol. The largest absolute Gasteiger partial charge is 0.422 e. The molecule has 0 bridgehead atoms. The number of ether oxygens (including phenoxy) is 1. The summed E-state index contributed by atoms with van der Waals surface area (Å²) in [5.74, 6) is 0. The summed E-state index contributed by atoms with van der Waals surface area (Å²) in [7, 11) is 0. The summed E-state index contributed by atoms with van der Waals surface area (Å²) in [5.41, 5.74) is 3.71. The van der Waals surface area contributed by atoms with Gasteiger partial charge in [-0.3, -0.25) is 4.90 Å². The van der Waals surface area contributed by atoms with Crippen molar-refractivity contribution in [1.29, 1.82) is 0 Å². The molecule has 3 rings (SSSR count). The number of nitrogens with zero attached hydrogens (tertiary/aromatic N) is 1. The van der Waals surface area contributed by atoms with Crippen LogP contribution in [0.2, 0.25) is 0 Å². The lowest BCUT2D eigenvalue weighted by Crippen LogP contribution is -2.39. The summed E-state index contributed by atoms with van der Waals surface area (Å²) >= 11 is 0. The van der Waals surface area contributed by atoms with E-state index in [0.717, 1.165) is 66.7 Å². The van der Waals surface area contributed by atoms with Crippen LogP contribution in [0.25, 0.3) is 11.0 Å². The molecule has 4 nitrogen and oxygen atoms in total. The number of piperidine rings is 1. The Morgan fingerprint density at radius 2 is 2.17 bits per heavy atom. The van der Waals surface area contributed by atoms with E-state index < -0.39 is 0 Å². The summed E-state index contributed by atoms with van der Waals surface area (Å²) in [4.78, 5) is 14.3. The van der Waals surface area contributed by atoms with Crippen LogP contribution in [0.5, 0.6) is 0 Å². The third-order valence-electron chi connectivity index (χ3n) is 4.78. The normalized spacial score (nSPS) is 19.3. The maximum atomic E-state index is 12.0. The van der Waals surface area contributed by atoms with Crippen LogP contribution in [0.1, 0.15) is 36.5 Å². The van der Waals surface area contributed by atoms with E-state index in [-0.39, 0.29) is 5.63 Å². The van der Waals surface area contributed by atoms with Crippen molar-refractivity contribution in [3.05, 3.63) is 45.3 Å². The monoisotopic (exact) mass is 315 g/mol. The molecule has 0 saturated carbocycles. The molecule has 1 aromatic heterocycles. The van der Waals surface area contributed by atoms with Crippen molar-refractivity contribution in [3.8, 4) is 0 Å². The molecule has 1 fully saturated rings. The topological polar surface area (TPSA) is 42.7 Å². The first-order chi connectivity index (χ1) is 11.1. The fraction of sp³-hybridized carbons (Fsp3) is 0.526. The van der Waals surface area contributed by atoms with Crippen LogP contribution >= 0.6 is 0 Å². The van der Waals surface area contributed by atoms with E-state index in [1.807, 2.05) is 20.8 Å². The third kappa shape index (κ3) is 3.48. The van der Waals surface area contributed by atoms with Crippen molar-refractivity contribution < 1.29 is 9.15 Å². The molecule has 1 atom stereocenters. The standard InChI is InChI=1S/C19H25NO3/c1-4-22-16-6-5-9-20(12-16)11-15-10-18(21)23-19-14(3)13(2)7-8-17(15)19/h7-8,10,16H,4-6,9,11-12H2,1-3H3. The Morgan fingerprint density at radius 1 is 1.35 bits per heavy atom. The number of hydrogen-bond donors (Lipinski definition) is 0. The van der Waals surface area contributed by atoms with Crippen LogP contribution < -0.4 is 5.63 Å². The highest BCUT2D eigenvalue weighted by Gasteiger charge is 2.21. The van der Waals surface area contributed by atoms with Gasteiger partial charge in [0.25, 0.3) is 0 Å². The first kappa shape index (κ1) is 16.2. The minimum absolute atomic E-state index is 0.264. The Morgan fingerprint density at radius 3 is 2.96 bits per heavy atom. The predicted octanol–water partition coefficient (Wildman–Crippen LogP) is 3.41. The highest BCUT2D eigenvalue weighted by molar-refractivity contribution is 5.83. The zero-order valence-electron chi connectivity index (χ0n) is 14.2. The summed E-state index contributed by atoms with van der Waals surface area (Å²) < 4.78 is 11.2. The molecule has 1 saturated heterocycles. The zero-order valence-corrected chi connectivity index (χ0v) is 14.2. The minimum atomic E-state index is -0.264. The first-order valence-corrected chi connectivity index (χ1v) is 8.45. The Labute approximate surface area is 137 Å². The van der Waals surface area contributed by atoms with Gasteiger partial charge in [-0.15, -0.1) is 0 Å². The van der Waals surface area contributed by atoms with Crippen molar-refractivity contribution >= 4 is 11.0 Å². The summed E-state index contributed by atoms with van der Waals surface area (Å²) in [6.07, 6.45) is 2.58. The lowest BCUT2D eigenvalue weighted by molar-refractivity contribution is 0.00371. The molecular formula is C19H25NO3. The van der Waals surface area contributed by atoms with Crippen LogP contribution in [0.15, 0.2) is 27.4 Å². The zero-order chi connectivity index (χ0) is 16.4. The van der Waals surface area contributed by atoms with Crippen LogP contribution in [-0.4, -0.2) is 30.7 Å². The Bertz CT molecular complexity index is 748. The molecule has 1 aromatic carbocycles. The fourth-order valence-corrected chi connectivity index (χ4v) is 3.42. The second kappa shape index (κ2) is 6.85. The number of benzene rings is 1. The highest BCUT2D eigenvalue weighted by atomic mass is 16.5.